The molecule has 0 fully saturated rings. The monoisotopic (exact) mass is 251 g/mol. The van der Waals surface area contributed by atoms with Crippen LogP contribution in [0.25, 0.3) is 11.1 Å². The van der Waals surface area contributed by atoms with Gasteiger partial charge in [-0.05, 0) is 42.2 Å². The van der Waals surface area contributed by atoms with Crippen molar-refractivity contribution in [2.75, 3.05) is 11.9 Å². The summed E-state index contributed by atoms with van der Waals surface area (Å²) in [6.45, 7) is 2.09. The second kappa shape index (κ2) is 4.54. The molecule has 3 rings (SSSR count). The van der Waals surface area contributed by atoms with E-state index in [1.54, 1.807) is 4.90 Å². The maximum atomic E-state index is 11.7. The first-order valence-electron chi connectivity index (χ1n) is 6.62. The molecule has 2 nitrogen and oxygen atoms in total. The molecule has 2 aromatic carbocycles. The Morgan fingerprint density at radius 3 is 2.37 bits per heavy atom. The summed E-state index contributed by atoms with van der Waals surface area (Å²) in [4.78, 5) is 13.4. The van der Waals surface area contributed by atoms with Crippen molar-refractivity contribution >= 4 is 11.6 Å². The fourth-order valence-corrected chi connectivity index (χ4v) is 2.58. The minimum atomic E-state index is 0.204. The minimum Gasteiger partial charge on any atom is -0.315 e. The largest absolute Gasteiger partial charge is 0.315 e. The Hall–Kier alpha value is -2.09. The lowest BCUT2D eigenvalue weighted by Crippen LogP contribution is -2.30. The molecule has 0 saturated heterocycles. The standard InChI is InChI=1S/C17H17NO/c1-12-3-5-13(6-4-12)14-7-9-16-15(11-14)8-10-17(19)18(16)2/h3-7,9,11H,8,10H2,1-2H3. The molecule has 1 amide bonds. The molecule has 0 aromatic heterocycles. The van der Waals surface area contributed by atoms with E-state index >= 15 is 0 Å². The number of nitrogens with zero attached hydrogens (tertiary/aromatic N) is 1. The Bertz CT molecular complexity index is 628. The van der Waals surface area contributed by atoms with E-state index in [1.807, 2.05) is 7.05 Å². The van der Waals surface area contributed by atoms with Crippen molar-refractivity contribution in [3.8, 4) is 11.1 Å². The molecule has 0 unspecified atom stereocenters. The Labute approximate surface area is 113 Å². The van der Waals surface area contributed by atoms with Crippen LogP contribution in [0.2, 0.25) is 0 Å². The average Bonchev–Trinajstić information content (AvgIpc) is 2.43. The number of aryl methyl sites for hydroxylation is 2. The number of anilines is 1. The molecule has 96 valence electrons. The first-order valence-corrected chi connectivity index (χ1v) is 6.62. The number of hydrogen-bond donors (Lipinski definition) is 0. The molecule has 1 aliphatic heterocycles. The van der Waals surface area contributed by atoms with Gasteiger partial charge in [-0.1, -0.05) is 35.9 Å². The van der Waals surface area contributed by atoms with Gasteiger partial charge < -0.3 is 4.90 Å². The van der Waals surface area contributed by atoms with Gasteiger partial charge in [0.25, 0.3) is 0 Å². The SMILES string of the molecule is Cc1ccc(-c2ccc3c(c2)CCC(=O)N3C)cc1. The van der Waals surface area contributed by atoms with Gasteiger partial charge in [-0.3, -0.25) is 4.79 Å². The molecule has 0 bridgehead atoms. The van der Waals surface area contributed by atoms with Crippen molar-refractivity contribution in [2.24, 2.45) is 0 Å². The van der Waals surface area contributed by atoms with E-state index in [4.69, 9.17) is 0 Å². The highest BCUT2D eigenvalue weighted by atomic mass is 16.2. The van der Waals surface area contributed by atoms with Gasteiger partial charge in [0.15, 0.2) is 0 Å². The summed E-state index contributed by atoms with van der Waals surface area (Å²) in [5.41, 5.74) is 6.04. The van der Waals surface area contributed by atoms with Crippen molar-refractivity contribution in [1.29, 1.82) is 0 Å². The molecule has 2 aromatic rings. The van der Waals surface area contributed by atoms with Gasteiger partial charge in [0.1, 0.15) is 0 Å². The van der Waals surface area contributed by atoms with Crippen LogP contribution in [0.4, 0.5) is 5.69 Å². The molecule has 0 N–H and O–H groups in total. The normalized spacial score (nSPS) is 14.4. The van der Waals surface area contributed by atoms with Gasteiger partial charge in [0.2, 0.25) is 5.91 Å². The van der Waals surface area contributed by atoms with Gasteiger partial charge in [0, 0.05) is 19.2 Å². The van der Waals surface area contributed by atoms with Crippen molar-refractivity contribution in [2.45, 2.75) is 19.8 Å². The summed E-state index contributed by atoms with van der Waals surface area (Å²) >= 11 is 0. The zero-order valence-corrected chi connectivity index (χ0v) is 11.3. The summed E-state index contributed by atoms with van der Waals surface area (Å²) in [6, 6.07) is 14.9. The second-order valence-corrected chi connectivity index (χ2v) is 5.16. The van der Waals surface area contributed by atoms with E-state index in [9.17, 15) is 4.79 Å². The zero-order valence-electron chi connectivity index (χ0n) is 11.3. The number of amides is 1. The van der Waals surface area contributed by atoms with Crippen LogP contribution in [0, 0.1) is 6.92 Å². The lowest BCUT2D eigenvalue weighted by Gasteiger charge is -2.26. The second-order valence-electron chi connectivity index (χ2n) is 5.16. The third kappa shape index (κ3) is 2.14. The predicted molar refractivity (Wildman–Crippen MR) is 78.3 cm³/mol. The Morgan fingerprint density at radius 2 is 1.63 bits per heavy atom. The van der Waals surface area contributed by atoms with Crippen molar-refractivity contribution < 1.29 is 4.79 Å². The molecular formula is C17H17NO. The molecule has 2 heteroatoms. The maximum Gasteiger partial charge on any atom is 0.227 e. The molecule has 0 spiro atoms. The fourth-order valence-electron chi connectivity index (χ4n) is 2.58. The summed E-state index contributed by atoms with van der Waals surface area (Å²) in [5.74, 6) is 0.204. The molecule has 0 aliphatic carbocycles. The highest BCUT2D eigenvalue weighted by Crippen LogP contribution is 2.31. The molecule has 19 heavy (non-hydrogen) atoms. The van der Waals surface area contributed by atoms with Crippen LogP contribution in [-0.4, -0.2) is 13.0 Å². The van der Waals surface area contributed by atoms with Gasteiger partial charge in [0.05, 0.1) is 0 Å². The third-order valence-electron chi connectivity index (χ3n) is 3.81. The zero-order chi connectivity index (χ0) is 13.4. The fraction of sp³-hybridized carbons (Fsp3) is 0.235. The lowest BCUT2D eigenvalue weighted by atomic mass is 9.96. The van der Waals surface area contributed by atoms with Crippen LogP contribution in [-0.2, 0) is 11.2 Å². The van der Waals surface area contributed by atoms with Gasteiger partial charge in [-0.25, -0.2) is 0 Å². The van der Waals surface area contributed by atoms with Gasteiger partial charge in [-0.15, -0.1) is 0 Å². The van der Waals surface area contributed by atoms with Crippen LogP contribution in [0.5, 0.6) is 0 Å². The minimum absolute atomic E-state index is 0.204. The van der Waals surface area contributed by atoms with E-state index in [0.717, 1.165) is 12.1 Å². The summed E-state index contributed by atoms with van der Waals surface area (Å²) < 4.78 is 0. The first kappa shape index (κ1) is 12.0. The molecule has 1 aliphatic rings. The highest BCUT2D eigenvalue weighted by Gasteiger charge is 2.20. The van der Waals surface area contributed by atoms with E-state index in [-0.39, 0.29) is 5.91 Å². The van der Waals surface area contributed by atoms with Crippen molar-refractivity contribution in [1.82, 2.24) is 0 Å². The van der Waals surface area contributed by atoms with Crippen LogP contribution >= 0.6 is 0 Å². The predicted octanol–water partition coefficient (Wildman–Crippen LogP) is 3.57. The topological polar surface area (TPSA) is 20.3 Å². The quantitative estimate of drug-likeness (QED) is 0.758. The van der Waals surface area contributed by atoms with Crippen LogP contribution in [0.3, 0.4) is 0 Å². The maximum absolute atomic E-state index is 11.7. The number of benzene rings is 2. The number of carbonyl (C=O) groups is 1. The molecule has 0 radical (unpaired) electrons. The summed E-state index contributed by atoms with van der Waals surface area (Å²) in [6.07, 6.45) is 1.46. The average molecular weight is 251 g/mol. The van der Waals surface area contributed by atoms with Crippen LogP contribution in [0.1, 0.15) is 17.5 Å². The first-order chi connectivity index (χ1) is 9.15. The van der Waals surface area contributed by atoms with Crippen LogP contribution in [0.15, 0.2) is 42.5 Å². The summed E-state index contributed by atoms with van der Waals surface area (Å²) in [5, 5.41) is 0. The van der Waals surface area contributed by atoms with Crippen LogP contribution < -0.4 is 4.90 Å². The van der Waals surface area contributed by atoms with Gasteiger partial charge >= 0.3 is 0 Å². The van der Waals surface area contributed by atoms with E-state index in [2.05, 4.69) is 49.4 Å². The number of hydrogen-bond acceptors (Lipinski definition) is 1. The molecule has 1 heterocycles. The molecule has 0 atom stereocenters. The Balaban J connectivity index is 2.02. The summed E-state index contributed by atoms with van der Waals surface area (Å²) in [7, 11) is 1.85. The number of fused-ring (bicyclic) bond motifs is 1. The van der Waals surface area contributed by atoms with Crippen molar-refractivity contribution in [3.63, 3.8) is 0 Å². The van der Waals surface area contributed by atoms with Crippen molar-refractivity contribution in [3.05, 3.63) is 53.6 Å². The molecule has 0 saturated carbocycles. The Kier molecular flexibility index (Phi) is 2.86. The highest BCUT2D eigenvalue weighted by molar-refractivity contribution is 5.96. The smallest absolute Gasteiger partial charge is 0.227 e. The lowest BCUT2D eigenvalue weighted by molar-refractivity contribution is -0.118. The number of rotatable bonds is 1. The third-order valence-corrected chi connectivity index (χ3v) is 3.81. The molecular weight excluding hydrogens is 234 g/mol. The van der Waals surface area contributed by atoms with E-state index < -0.39 is 0 Å². The number of carbonyl (C=O) groups excluding carboxylic acids is 1. The Morgan fingerprint density at radius 1 is 0.947 bits per heavy atom. The van der Waals surface area contributed by atoms with E-state index in [0.29, 0.717) is 6.42 Å². The van der Waals surface area contributed by atoms with Gasteiger partial charge in [-0.2, -0.15) is 0 Å². The van der Waals surface area contributed by atoms with E-state index in [1.165, 1.54) is 22.3 Å².